The van der Waals surface area contributed by atoms with E-state index in [4.69, 9.17) is 18.3 Å². The highest BCUT2D eigenvalue weighted by Crippen LogP contribution is 2.38. The molecule has 0 aliphatic rings. The van der Waals surface area contributed by atoms with Crippen LogP contribution in [-0.4, -0.2) is 29.8 Å². The second kappa shape index (κ2) is 13.5. The standard InChI is InChI=1S/C31H52O4Si2/c1-30(2,3)36(7,8)34-24-26-14-18-28(19-15-26)32-22-12-11-13-23-33-29-20-16-27(17-21-29)25-35-37(9,10)31(4,5)6/h14-21H,11-13,22-25H2,1-10H3. The molecule has 0 saturated carbocycles. The highest BCUT2D eigenvalue weighted by atomic mass is 28.4. The smallest absolute Gasteiger partial charge is 0.192 e. The number of ether oxygens (including phenoxy) is 2. The molecule has 0 atom stereocenters. The van der Waals surface area contributed by atoms with Gasteiger partial charge in [0.2, 0.25) is 0 Å². The molecule has 2 aromatic rings. The molecule has 6 heteroatoms. The molecule has 0 heterocycles. The van der Waals surface area contributed by atoms with Crippen LogP contribution in [0.2, 0.25) is 36.3 Å². The van der Waals surface area contributed by atoms with Gasteiger partial charge in [0.25, 0.3) is 0 Å². The van der Waals surface area contributed by atoms with Crippen molar-refractivity contribution in [2.24, 2.45) is 0 Å². The normalized spacial score (nSPS) is 13.0. The fourth-order valence-corrected chi connectivity index (χ4v) is 5.01. The van der Waals surface area contributed by atoms with Gasteiger partial charge in [-0.3, -0.25) is 0 Å². The predicted octanol–water partition coefficient (Wildman–Crippen LogP) is 9.36. The van der Waals surface area contributed by atoms with E-state index in [0.29, 0.717) is 13.2 Å². The Labute approximate surface area is 229 Å². The van der Waals surface area contributed by atoms with Gasteiger partial charge in [0.15, 0.2) is 16.6 Å². The van der Waals surface area contributed by atoms with Crippen LogP contribution in [0.4, 0.5) is 0 Å². The molecule has 0 spiro atoms. The fraction of sp³-hybridized carbons (Fsp3) is 0.613. The first kappa shape index (κ1) is 31.6. The Balaban J connectivity index is 1.59. The highest BCUT2D eigenvalue weighted by Gasteiger charge is 2.37. The monoisotopic (exact) mass is 544 g/mol. The van der Waals surface area contributed by atoms with Crippen molar-refractivity contribution >= 4 is 16.6 Å². The van der Waals surface area contributed by atoms with Crippen LogP contribution in [0.15, 0.2) is 48.5 Å². The van der Waals surface area contributed by atoms with Gasteiger partial charge in [0, 0.05) is 0 Å². The fourth-order valence-electron chi connectivity index (χ4n) is 3.09. The summed E-state index contributed by atoms with van der Waals surface area (Å²) in [5.41, 5.74) is 2.40. The quantitative estimate of drug-likeness (QED) is 0.175. The Kier molecular flexibility index (Phi) is 11.5. The number of hydrogen-bond donors (Lipinski definition) is 0. The Bertz CT molecular complexity index is 846. The lowest BCUT2D eigenvalue weighted by molar-refractivity contribution is 0.273. The van der Waals surface area contributed by atoms with Crippen molar-refractivity contribution in [3.05, 3.63) is 59.7 Å². The van der Waals surface area contributed by atoms with E-state index >= 15 is 0 Å². The van der Waals surface area contributed by atoms with Crippen molar-refractivity contribution in [3.8, 4) is 11.5 Å². The molecular weight excluding hydrogens is 493 g/mol. The van der Waals surface area contributed by atoms with Crippen LogP contribution in [0.25, 0.3) is 0 Å². The molecule has 0 aliphatic heterocycles. The second-order valence-corrected chi connectivity index (χ2v) is 22.8. The largest absolute Gasteiger partial charge is 0.494 e. The minimum atomic E-state index is -1.72. The Morgan fingerprint density at radius 1 is 0.514 bits per heavy atom. The van der Waals surface area contributed by atoms with Crippen molar-refractivity contribution in [2.45, 2.75) is 110 Å². The first-order valence-corrected chi connectivity index (χ1v) is 19.6. The molecule has 4 nitrogen and oxygen atoms in total. The molecule has 0 amide bonds. The Morgan fingerprint density at radius 2 is 0.838 bits per heavy atom. The zero-order chi connectivity index (χ0) is 27.7. The summed E-state index contributed by atoms with van der Waals surface area (Å²) >= 11 is 0. The van der Waals surface area contributed by atoms with E-state index in [-0.39, 0.29) is 10.1 Å². The third-order valence-electron chi connectivity index (χ3n) is 7.98. The maximum atomic E-state index is 6.31. The van der Waals surface area contributed by atoms with E-state index in [1.165, 1.54) is 11.1 Å². The van der Waals surface area contributed by atoms with Gasteiger partial charge in [-0.05, 0) is 90.9 Å². The topological polar surface area (TPSA) is 36.9 Å². The Hall–Kier alpha value is -1.61. The van der Waals surface area contributed by atoms with Crippen LogP contribution < -0.4 is 9.47 Å². The summed E-state index contributed by atoms with van der Waals surface area (Å²) in [6.45, 7) is 25.6. The van der Waals surface area contributed by atoms with Gasteiger partial charge in [-0.2, -0.15) is 0 Å². The van der Waals surface area contributed by atoms with Crippen LogP contribution in [-0.2, 0) is 22.1 Å². The van der Waals surface area contributed by atoms with Crippen LogP contribution in [0.1, 0.15) is 71.9 Å². The predicted molar refractivity (Wildman–Crippen MR) is 162 cm³/mol. The number of benzene rings is 2. The summed E-state index contributed by atoms with van der Waals surface area (Å²) in [6.07, 6.45) is 3.11. The van der Waals surface area contributed by atoms with E-state index in [9.17, 15) is 0 Å². The molecule has 37 heavy (non-hydrogen) atoms. The van der Waals surface area contributed by atoms with Gasteiger partial charge in [0.05, 0.1) is 26.4 Å². The lowest BCUT2D eigenvalue weighted by Crippen LogP contribution is -2.40. The molecule has 0 N–H and O–H groups in total. The van der Waals surface area contributed by atoms with Crippen LogP contribution >= 0.6 is 0 Å². The molecule has 0 saturated heterocycles. The first-order chi connectivity index (χ1) is 17.1. The van der Waals surface area contributed by atoms with Crippen molar-refractivity contribution in [3.63, 3.8) is 0 Å². The van der Waals surface area contributed by atoms with Crippen LogP contribution in [0.3, 0.4) is 0 Å². The van der Waals surface area contributed by atoms with Crippen molar-refractivity contribution in [1.29, 1.82) is 0 Å². The van der Waals surface area contributed by atoms with Gasteiger partial charge in [-0.1, -0.05) is 65.8 Å². The molecule has 2 aromatic carbocycles. The van der Waals surface area contributed by atoms with E-state index in [1.807, 2.05) is 0 Å². The van der Waals surface area contributed by atoms with E-state index < -0.39 is 16.6 Å². The van der Waals surface area contributed by atoms with Crippen LogP contribution in [0, 0.1) is 0 Å². The molecular formula is C31H52O4Si2. The minimum absolute atomic E-state index is 0.228. The van der Waals surface area contributed by atoms with Crippen molar-refractivity contribution in [2.75, 3.05) is 13.2 Å². The van der Waals surface area contributed by atoms with Gasteiger partial charge >= 0.3 is 0 Å². The average Bonchev–Trinajstić information content (AvgIpc) is 2.81. The van der Waals surface area contributed by atoms with Gasteiger partial charge in [-0.25, -0.2) is 0 Å². The average molecular weight is 545 g/mol. The lowest BCUT2D eigenvalue weighted by atomic mass is 10.2. The molecule has 208 valence electrons. The summed E-state index contributed by atoms with van der Waals surface area (Å²) in [5, 5.41) is 0.456. The van der Waals surface area contributed by atoms with Gasteiger partial charge in [0.1, 0.15) is 11.5 Å². The third-order valence-corrected chi connectivity index (χ3v) is 16.9. The first-order valence-electron chi connectivity index (χ1n) is 13.8. The molecule has 0 radical (unpaired) electrons. The summed E-state index contributed by atoms with van der Waals surface area (Å²) in [5.74, 6) is 1.84. The molecule has 0 aliphatic carbocycles. The lowest BCUT2D eigenvalue weighted by Gasteiger charge is -2.36. The summed E-state index contributed by atoms with van der Waals surface area (Å²) in [7, 11) is -3.45. The van der Waals surface area contributed by atoms with Crippen molar-refractivity contribution in [1.82, 2.24) is 0 Å². The summed E-state index contributed by atoms with van der Waals surface area (Å²) < 4.78 is 24.5. The number of unbranched alkanes of at least 4 members (excludes halogenated alkanes) is 2. The zero-order valence-corrected chi connectivity index (χ0v) is 27.2. The minimum Gasteiger partial charge on any atom is -0.494 e. The Morgan fingerprint density at radius 3 is 1.14 bits per heavy atom. The SMILES string of the molecule is CC(C)(C)[Si](C)(C)OCc1ccc(OCCCCCOc2ccc(CO[Si](C)(C)C(C)(C)C)cc2)cc1. The number of rotatable bonds is 14. The molecule has 0 bridgehead atoms. The van der Waals surface area contributed by atoms with Crippen molar-refractivity contribution < 1.29 is 18.3 Å². The zero-order valence-electron chi connectivity index (χ0n) is 25.2. The van der Waals surface area contributed by atoms with Gasteiger partial charge in [-0.15, -0.1) is 0 Å². The van der Waals surface area contributed by atoms with E-state index in [0.717, 1.165) is 44.0 Å². The summed E-state index contributed by atoms with van der Waals surface area (Å²) in [6, 6.07) is 16.6. The number of hydrogen-bond acceptors (Lipinski definition) is 4. The maximum Gasteiger partial charge on any atom is 0.192 e. The molecule has 0 fully saturated rings. The van der Waals surface area contributed by atoms with E-state index in [2.05, 4.69) is 116 Å². The third kappa shape index (κ3) is 10.6. The van der Waals surface area contributed by atoms with Gasteiger partial charge < -0.3 is 18.3 Å². The summed E-state index contributed by atoms with van der Waals surface area (Å²) in [4.78, 5) is 0. The highest BCUT2D eigenvalue weighted by molar-refractivity contribution is 6.74. The molecule has 2 rings (SSSR count). The second-order valence-electron chi connectivity index (χ2n) is 13.1. The van der Waals surface area contributed by atoms with E-state index in [1.54, 1.807) is 0 Å². The molecule has 0 unspecified atom stereocenters. The molecule has 0 aromatic heterocycles. The van der Waals surface area contributed by atoms with Crippen LogP contribution in [0.5, 0.6) is 11.5 Å². The maximum absolute atomic E-state index is 6.31.